The van der Waals surface area contributed by atoms with Gasteiger partial charge >= 0.3 is 0 Å². The van der Waals surface area contributed by atoms with Crippen LogP contribution in [0.25, 0.3) is 0 Å². The van der Waals surface area contributed by atoms with E-state index in [4.69, 9.17) is 0 Å². The summed E-state index contributed by atoms with van der Waals surface area (Å²) in [5.41, 5.74) is 4.90. The minimum atomic E-state index is 0.711. The van der Waals surface area contributed by atoms with Crippen molar-refractivity contribution in [2.75, 3.05) is 5.32 Å². The molecule has 0 saturated heterocycles. The fraction of sp³-hybridized carbons (Fsp3) is 0.222. The van der Waals surface area contributed by atoms with E-state index >= 15 is 0 Å². The first-order chi connectivity index (χ1) is 10.7. The number of imidazole rings is 1. The van der Waals surface area contributed by atoms with E-state index < -0.39 is 0 Å². The fourth-order valence-electron chi connectivity index (χ4n) is 2.34. The lowest BCUT2D eigenvalue weighted by molar-refractivity contribution is 0.748. The molecule has 0 aliphatic rings. The Hall–Kier alpha value is -2.62. The van der Waals surface area contributed by atoms with Gasteiger partial charge in [-0.15, -0.1) is 0 Å². The molecule has 22 heavy (non-hydrogen) atoms. The van der Waals surface area contributed by atoms with Crippen molar-refractivity contribution in [3.63, 3.8) is 0 Å². The zero-order chi connectivity index (χ0) is 15.4. The zero-order valence-electron chi connectivity index (χ0n) is 13.0. The van der Waals surface area contributed by atoms with Gasteiger partial charge in [-0.05, 0) is 37.1 Å². The van der Waals surface area contributed by atoms with Crippen molar-refractivity contribution in [1.29, 1.82) is 0 Å². The van der Waals surface area contributed by atoms with Gasteiger partial charge in [-0.25, -0.2) is 9.97 Å². The molecule has 0 unspecified atom stereocenters. The standard InChI is InChI=1S/C18H20N4/c1-14-3-5-16(6-4-14)12-22-13-19-10-17(22)11-21-18-9-15(2)7-8-20-18/h3-10,13H,11-12H2,1-2H3,(H,20,21). The van der Waals surface area contributed by atoms with E-state index in [2.05, 4.69) is 58.0 Å². The van der Waals surface area contributed by atoms with Crippen molar-refractivity contribution < 1.29 is 0 Å². The summed E-state index contributed by atoms with van der Waals surface area (Å²) in [5.74, 6) is 0.892. The van der Waals surface area contributed by atoms with Crippen LogP contribution in [-0.2, 0) is 13.1 Å². The average Bonchev–Trinajstić information content (AvgIpc) is 2.95. The maximum Gasteiger partial charge on any atom is 0.126 e. The lowest BCUT2D eigenvalue weighted by atomic mass is 10.1. The van der Waals surface area contributed by atoms with E-state index in [9.17, 15) is 0 Å². The van der Waals surface area contributed by atoms with Gasteiger partial charge in [-0.3, -0.25) is 0 Å². The number of benzene rings is 1. The van der Waals surface area contributed by atoms with Gasteiger partial charge < -0.3 is 9.88 Å². The Morgan fingerprint density at radius 3 is 2.64 bits per heavy atom. The SMILES string of the molecule is Cc1ccc(Cn2cncc2CNc2cc(C)ccn2)cc1. The minimum absolute atomic E-state index is 0.711. The second-order valence-electron chi connectivity index (χ2n) is 5.57. The molecule has 0 fully saturated rings. The lowest BCUT2D eigenvalue weighted by Gasteiger charge is -2.10. The van der Waals surface area contributed by atoms with Crippen molar-refractivity contribution in [1.82, 2.24) is 14.5 Å². The summed E-state index contributed by atoms with van der Waals surface area (Å²) >= 11 is 0. The van der Waals surface area contributed by atoms with Crippen LogP contribution >= 0.6 is 0 Å². The van der Waals surface area contributed by atoms with Gasteiger partial charge in [-0.2, -0.15) is 0 Å². The molecule has 1 aromatic carbocycles. The Balaban J connectivity index is 1.68. The first kappa shape index (κ1) is 14.3. The van der Waals surface area contributed by atoms with Gasteiger partial charge in [0, 0.05) is 18.9 Å². The highest BCUT2D eigenvalue weighted by atomic mass is 15.1. The molecular formula is C18H20N4. The van der Waals surface area contributed by atoms with Crippen LogP contribution in [0, 0.1) is 13.8 Å². The first-order valence-corrected chi connectivity index (χ1v) is 7.42. The first-order valence-electron chi connectivity index (χ1n) is 7.42. The van der Waals surface area contributed by atoms with Crippen LogP contribution in [0.1, 0.15) is 22.4 Å². The number of hydrogen-bond donors (Lipinski definition) is 1. The van der Waals surface area contributed by atoms with Crippen LogP contribution in [0.2, 0.25) is 0 Å². The molecule has 4 heteroatoms. The molecule has 2 heterocycles. The second kappa shape index (κ2) is 6.43. The number of aryl methyl sites for hydroxylation is 2. The molecule has 4 nitrogen and oxygen atoms in total. The van der Waals surface area contributed by atoms with Crippen LogP contribution in [0.4, 0.5) is 5.82 Å². The molecule has 0 radical (unpaired) electrons. The number of hydrogen-bond acceptors (Lipinski definition) is 3. The molecule has 1 N–H and O–H groups in total. The monoisotopic (exact) mass is 292 g/mol. The highest BCUT2D eigenvalue weighted by molar-refractivity contribution is 5.37. The summed E-state index contributed by atoms with van der Waals surface area (Å²) in [6.07, 6.45) is 5.60. The Kier molecular flexibility index (Phi) is 4.19. The number of nitrogens with one attached hydrogen (secondary N) is 1. The number of anilines is 1. The Bertz CT molecular complexity index is 744. The highest BCUT2D eigenvalue weighted by Crippen LogP contribution is 2.11. The van der Waals surface area contributed by atoms with E-state index in [0.29, 0.717) is 6.54 Å². The molecule has 0 atom stereocenters. The summed E-state index contributed by atoms with van der Waals surface area (Å²) in [4.78, 5) is 8.59. The maximum atomic E-state index is 4.32. The Morgan fingerprint density at radius 2 is 1.86 bits per heavy atom. The van der Waals surface area contributed by atoms with Crippen LogP contribution in [0.5, 0.6) is 0 Å². The predicted molar refractivity (Wildman–Crippen MR) is 88.8 cm³/mol. The highest BCUT2D eigenvalue weighted by Gasteiger charge is 2.04. The van der Waals surface area contributed by atoms with Crippen molar-refractivity contribution in [3.8, 4) is 0 Å². The third-order valence-electron chi connectivity index (χ3n) is 3.64. The molecule has 0 aliphatic heterocycles. The lowest BCUT2D eigenvalue weighted by Crippen LogP contribution is -2.08. The molecule has 0 spiro atoms. The van der Waals surface area contributed by atoms with Crippen LogP contribution < -0.4 is 5.32 Å². The second-order valence-corrected chi connectivity index (χ2v) is 5.57. The smallest absolute Gasteiger partial charge is 0.126 e. The van der Waals surface area contributed by atoms with Crippen molar-refractivity contribution >= 4 is 5.82 Å². The Morgan fingerprint density at radius 1 is 1.05 bits per heavy atom. The quantitative estimate of drug-likeness (QED) is 0.782. The molecule has 0 bridgehead atoms. The summed E-state index contributed by atoms with van der Waals surface area (Å²) in [5, 5.41) is 3.35. The maximum absolute atomic E-state index is 4.32. The molecule has 0 amide bonds. The van der Waals surface area contributed by atoms with Gasteiger partial charge in [0.25, 0.3) is 0 Å². The third-order valence-corrected chi connectivity index (χ3v) is 3.64. The number of pyridine rings is 1. The van der Waals surface area contributed by atoms with Crippen molar-refractivity contribution in [2.45, 2.75) is 26.9 Å². The summed E-state index contributed by atoms with van der Waals surface area (Å²) in [7, 11) is 0. The predicted octanol–water partition coefficient (Wildman–Crippen LogP) is 3.56. The molecule has 2 aromatic heterocycles. The van der Waals surface area contributed by atoms with E-state index in [-0.39, 0.29) is 0 Å². The van der Waals surface area contributed by atoms with Crippen LogP contribution in [0.15, 0.2) is 55.1 Å². The van der Waals surface area contributed by atoms with E-state index in [1.807, 2.05) is 30.9 Å². The van der Waals surface area contributed by atoms with Gasteiger partial charge in [0.2, 0.25) is 0 Å². The zero-order valence-corrected chi connectivity index (χ0v) is 13.0. The molecule has 112 valence electrons. The molecular weight excluding hydrogens is 272 g/mol. The largest absolute Gasteiger partial charge is 0.364 e. The molecule has 3 aromatic rings. The number of nitrogens with zero attached hydrogens (tertiary/aromatic N) is 3. The topological polar surface area (TPSA) is 42.7 Å². The van der Waals surface area contributed by atoms with Crippen molar-refractivity contribution in [3.05, 3.63) is 77.5 Å². The fourth-order valence-corrected chi connectivity index (χ4v) is 2.34. The van der Waals surface area contributed by atoms with Crippen LogP contribution in [0.3, 0.4) is 0 Å². The van der Waals surface area contributed by atoms with Gasteiger partial charge in [0.1, 0.15) is 5.82 Å². The van der Waals surface area contributed by atoms with E-state index in [1.54, 1.807) is 0 Å². The minimum Gasteiger partial charge on any atom is -0.364 e. The molecule has 0 saturated carbocycles. The average molecular weight is 292 g/mol. The van der Waals surface area contributed by atoms with Crippen molar-refractivity contribution in [2.24, 2.45) is 0 Å². The molecule has 0 aliphatic carbocycles. The number of aromatic nitrogens is 3. The number of rotatable bonds is 5. The summed E-state index contributed by atoms with van der Waals surface area (Å²) in [6, 6.07) is 12.6. The van der Waals surface area contributed by atoms with E-state index in [0.717, 1.165) is 18.1 Å². The Labute approximate surface area is 130 Å². The van der Waals surface area contributed by atoms with Gasteiger partial charge in [0.05, 0.1) is 18.6 Å². The van der Waals surface area contributed by atoms with Crippen LogP contribution in [-0.4, -0.2) is 14.5 Å². The molecule has 3 rings (SSSR count). The van der Waals surface area contributed by atoms with Gasteiger partial charge in [0.15, 0.2) is 0 Å². The normalized spacial score (nSPS) is 10.6. The third kappa shape index (κ3) is 3.52. The van der Waals surface area contributed by atoms with E-state index in [1.165, 1.54) is 16.7 Å². The van der Waals surface area contributed by atoms with Gasteiger partial charge in [-0.1, -0.05) is 29.8 Å². The summed E-state index contributed by atoms with van der Waals surface area (Å²) < 4.78 is 2.16. The summed E-state index contributed by atoms with van der Waals surface area (Å²) in [6.45, 7) is 5.71.